The Kier molecular flexibility index (Phi) is 6.50. The summed E-state index contributed by atoms with van der Waals surface area (Å²) in [5, 5.41) is 3.99. The van der Waals surface area contributed by atoms with Crippen molar-refractivity contribution in [3.8, 4) is 20.9 Å². The molecular weight excluding hydrogens is 418 g/mol. The third-order valence-corrected chi connectivity index (χ3v) is 7.07. The Morgan fingerprint density at radius 1 is 0.667 bits per heavy atom. The molecule has 30 heavy (non-hydrogen) atoms. The lowest BCUT2D eigenvalue weighted by Crippen LogP contribution is -2.23. The second-order valence-electron chi connectivity index (χ2n) is 7.01. The van der Waals surface area contributed by atoms with E-state index in [1.165, 1.54) is 0 Å². The molecule has 4 rings (SSSR count). The maximum Gasteiger partial charge on any atom is 0.153 e. The first kappa shape index (κ1) is 20.6. The summed E-state index contributed by atoms with van der Waals surface area (Å²) in [5.41, 5.74) is 3.20. The van der Waals surface area contributed by atoms with Crippen molar-refractivity contribution in [1.82, 2.24) is 0 Å². The fraction of sp³-hybridized carbons (Fsp3) is 0.160. The number of benzene rings is 2. The third kappa shape index (κ3) is 4.27. The number of thiophene rings is 2. The van der Waals surface area contributed by atoms with Gasteiger partial charge in [-0.2, -0.15) is 0 Å². The van der Waals surface area contributed by atoms with Gasteiger partial charge in [0, 0.05) is 9.75 Å². The van der Waals surface area contributed by atoms with Crippen molar-refractivity contribution in [2.75, 3.05) is 13.3 Å². The minimum atomic E-state index is -0.972. The summed E-state index contributed by atoms with van der Waals surface area (Å²) in [7, 11) is 0. The highest BCUT2D eigenvalue weighted by atomic mass is 32.1. The fourth-order valence-electron chi connectivity index (χ4n) is 3.55. The number of ketones is 1. The van der Waals surface area contributed by atoms with Gasteiger partial charge in [0.05, 0.1) is 11.8 Å². The van der Waals surface area contributed by atoms with Gasteiger partial charge in [-0.25, -0.2) is 8.78 Å². The summed E-state index contributed by atoms with van der Waals surface area (Å²) >= 11 is 3.24. The van der Waals surface area contributed by atoms with E-state index in [9.17, 15) is 13.6 Å². The number of hydrogen-bond acceptors (Lipinski definition) is 3. The van der Waals surface area contributed by atoms with Crippen LogP contribution in [0.1, 0.15) is 23.0 Å². The zero-order valence-corrected chi connectivity index (χ0v) is 17.8. The van der Waals surface area contributed by atoms with Crippen LogP contribution in [-0.4, -0.2) is 19.1 Å². The molecule has 0 fully saturated rings. The smallest absolute Gasteiger partial charge is 0.153 e. The van der Waals surface area contributed by atoms with Crippen LogP contribution >= 0.6 is 22.7 Å². The quantitative estimate of drug-likeness (QED) is 0.278. The van der Waals surface area contributed by atoms with Crippen LogP contribution < -0.4 is 0 Å². The maximum absolute atomic E-state index is 13.9. The predicted molar refractivity (Wildman–Crippen MR) is 122 cm³/mol. The average Bonchev–Trinajstić information content (AvgIpc) is 3.50. The molecule has 4 aromatic rings. The molecule has 0 aliphatic rings. The van der Waals surface area contributed by atoms with Crippen molar-refractivity contribution in [1.29, 1.82) is 0 Å². The summed E-state index contributed by atoms with van der Waals surface area (Å²) in [6.45, 7) is -1.69. The molecule has 0 bridgehead atoms. The number of alkyl halides is 2. The van der Waals surface area contributed by atoms with Gasteiger partial charge in [-0.3, -0.25) is 4.79 Å². The molecule has 0 aliphatic carbocycles. The molecule has 2 aromatic carbocycles. The van der Waals surface area contributed by atoms with Crippen LogP contribution in [0.4, 0.5) is 8.78 Å². The van der Waals surface area contributed by atoms with Gasteiger partial charge in [0.1, 0.15) is 13.3 Å². The normalized spacial score (nSPS) is 13.1. The predicted octanol–water partition coefficient (Wildman–Crippen LogP) is 7.52. The molecule has 1 nitrogen and oxygen atoms in total. The number of hydrogen-bond donors (Lipinski definition) is 0. The van der Waals surface area contributed by atoms with Crippen LogP contribution in [0.3, 0.4) is 0 Å². The molecular formula is C25H20F2OS2. The second-order valence-corrected chi connectivity index (χ2v) is 8.91. The Bertz CT molecular complexity index is 982. The first-order valence-corrected chi connectivity index (χ1v) is 11.4. The topological polar surface area (TPSA) is 17.1 Å². The molecule has 0 spiro atoms. The van der Waals surface area contributed by atoms with Gasteiger partial charge in [0.25, 0.3) is 0 Å². The van der Waals surface area contributed by atoms with Gasteiger partial charge >= 0.3 is 0 Å². The van der Waals surface area contributed by atoms with Crippen LogP contribution in [0.5, 0.6) is 0 Å². The first-order valence-electron chi connectivity index (χ1n) is 9.64. The number of rotatable bonds is 8. The second kappa shape index (κ2) is 9.45. The third-order valence-electron chi connectivity index (χ3n) is 5.23. The van der Waals surface area contributed by atoms with Gasteiger partial charge in [-0.05, 0) is 45.1 Å². The van der Waals surface area contributed by atoms with Crippen LogP contribution in [0.25, 0.3) is 20.9 Å². The zero-order chi connectivity index (χ0) is 20.9. The highest BCUT2D eigenvalue weighted by molar-refractivity contribution is 7.13. The molecule has 0 amide bonds. The van der Waals surface area contributed by atoms with Crippen LogP contribution in [-0.2, 0) is 4.79 Å². The molecule has 0 saturated carbocycles. The van der Waals surface area contributed by atoms with E-state index in [-0.39, 0.29) is 0 Å². The van der Waals surface area contributed by atoms with Crippen molar-refractivity contribution in [3.63, 3.8) is 0 Å². The summed E-state index contributed by atoms with van der Waals surface area (Å²) in [5.74, 6) is -2.37. The molecule has 5 heteroatoms. The van der Waals surface area contributed by atoms with E-state index >= 15 is 0 Å². The van der Waals surface area contributed by atoms with Crippen LogP contribution in [0.2, 0.25) is 0 Å². The van der Waals surface area contributed by atoms with E-state index in [4.69, 9.17) is 0 Å². The first-order chi connectivity index (χ1) is 14.7. The SMILES string of the molecule is O=C(C(CF)c1ccc(-c2cccs2)cc1)C(CF)c1ccc(-c2cccs2)cc1. The van der Waals surface area contributed by atoms with Crippen molar-refractivity contribution in [3.05, 3.63) is 94.7 Å². The van der Waals surface area contributed by atoms with Crippen molar-refractivity contribution >= 4 is 28.5 Å². The number of Topliss-reactive ketones (excluding diaryl/α,β-unsaturated/α-hetero) is 1. The minimum absolute atomic E-state index is 0.423. The minimum Gasteiger partial charge on any atom is -0.298 e. The molecule has 0 saturated heterocycles. The summed E-state index contributed by atoms with van der Waals surface area (Å²) in [4.78, 5) is 15.3. The highest BCUT2D eigenvalue weighted by Crippen LogP contribution is 2.32. The standard InChI is InChI=1S/C25H20F2OS2/c26-15-21(17-5-9-19(10-6-17)23-3-1-13-29-23)25(28)22(16-27)18-7-11-20(12-8-18)24-4-2-14-30-24/h1-14,21-22H,15-16H2. The Morgan fingerprint density at radius 3 is 1.37 bits per heavy atom. The van der Waals surface area contributed by atoms with E-state index in [1.54, 1.807) is 46.9 Å². The number of halogens is 2. The summed E-state index contributed by atoms with van der Waals surface area (Å²) < 4.78 is 27.8. The van der Waals surface area contributed by atoms with E-state index in [2.05, 4.69) is 0 Å². The molecule has 2 heterocycles. The van der Waals surface area contributed by atoms with Gasteiger partial charge < -0.3 is 0 Å². The summed E-state index contributed by atoms with van der Waals surface area (Å²) in [6, 6.07) is 22.6. The summed E-state index contributed by atoms with van der Waals surface area (Å²) in [6.07, 6.45) is 0. The highest BCUT2D eigenvalue weighted by Gasteiger charge is 2.29. The van der Waals surface area contributed by atoms with Crippen molar-refractivity contribution in [2.45, 2.75) is 11.8 Å². The Balaban J connectivity index is 1.55. The average molecular weight is 439 g/mol. The number of carbonyl (C=O) groups is 1. The van der Waals surface area contributed by atoms with Gasteiger partial charge in [-0.15, -0.1) is 22.7 Å². The van der Waals surface area contributed by atoms with Gasteiger partial charge in [0.2, 0.25) is 0 Å². The van der Waals surface area contributed by atoms with E-state index in [0.717, 1.165) is 20.9 Å². The van der Waals surface area contributed by atoms with Crippen LogP contribution in [0.15, 0.2) is 83.6 Å². The fourth-order valence-corrected chi connectivity index (χ4v) is 5.01. The maximum atomic E-state index is 13.9. The molecule has 0 N–H and O–H groups in total. The number of carbonyl (C=O) groups excluding carboxylic acids is 1. The van der Waals surface area contributed by atoms with E-state index in [1.807, 2.05) is 59.3 Å². The Morgan fingerprint density at radius 2 is 1.07 bits per heavy atom. The molecule has 2 unspecified atom stereocenters. The molecule has 0 aliphatic heterocycles. The monoisotopic (exact) mass is 438 g/mol. The Labute approximate surface area is 182 Å². The van der Waals surface area contributed by atoms with Gasteiger partial charge in [-0.1, -0.05) is 60.7 Å². The Hall–Kier alpha value is -2.63. The van der Waals surface area contributed by atoms with Crippen molar-refractivity contribution in [2.24, 2.45) is 0 Å². The zero-order valence-electron chi connectivity index (χ0n) is 16.1. The van der Waals surface area contributed by atoms with Gasteiger partial charge in [0.15, 0.2) is 5.78 Å². The lowest BCUT2D eigenvalue weighted by atomic mass is 9.84. The van der Waals surface area contributed by atoms with Crippen molar-refractivity contribution < 1.29 is 13.6 Å². The largest absolute Gasteiger partial charge is 0.298 e. The van der Waals surface area contributed by atoms with E-state index in [0.29, 0.717) is 11.1 Å². The molecule has 0 radical (unpaired) electrons. The molecule has 152 valence electrons. The lowest BCUT2D eigenvalue weighted by Gasteiger charge is -2.19. The lowest BCUT2D eigenvalue weighted by molar-refractivity contribution is -0.122. The molecule has 2 aromatic heterocycles. The molecule has 2 atom stereocenters. The van der Waals surface area contributed by atoms with E-state index < -0.39 is 31.0 Å². The van der Waals surface area contributed by atoms with Crippen LogP contribution in [0, 0.1) is 0 Å².